The number of anilines is 1. The van der Waals surface area contributed by atoms with Crippen molar-refractivity contribution in [2.75, 3.05) is 4.90 Å². The fraction of sp³-hybridized carbons (Fsp3) is 0. The fourth-order valence-electron chi connectivity index (χ4n) is 1.59. The van der Waals surface area contributed by atoms with Crippen LogP contribution in [0.15, 0.2) is 40.1 Å². The van der Waals surface area contributed by atoms with Crippen LogP contribution in [0.1, 0.15) is 0 Å². The quantitative estimate of drug-likeness (QED) is 0.485. The Morgan fingerprint density at radius 2 is 2.16 bits per heavy atom. The number of halogens is 1. The van der Waals surface area contributed by atoms with E-state index < -0.39 is 4.92 Å². The van der Waals surface area contributed by atoms with Crippen LogP contribution in [0.5, 0.6) is 0 Å². The fourth-order valence-corrected chi connectivity index (χ4v) is 2.67. The highest BCUT2D eigenvalue weighted by Crippen LogP contribution is 2.31. The summed E-state index contributed by atoms with van der Waals surface area (Å²) in [5.41, 5.74) is 0.594. The van der Waals surface area contributed by atoms with E-state index in [0.717, 1.165) is 10.2 Å². The minimum absolute atomic E-state index is 0.137. The lowest BCUT2D eigenvalue weighted by atomic mass is 10.3. The molecule has 0 saturated heterocycles. The first-order valence-electron chi connectivity index (χ1n) is 5.22. The third-order valence-corrected chi connectivity index (χ3v) is 3.81. The lowest BCUT2D eigenvalue weighted by molar-refractivity contribution is -0.422. The second-order valence-corrected chi connectivity index (χ2v) is 5.05. The van der Waals surface area contributed by atoms with Gasteiger partial charge >= 0.3 is 5.70 Å². The highest BCUT2D eigenvalue weighted by atomic mass is 35.5. The zero-order chi connectivity index (χ0) is 13.4. The first-order valence-corrected chi connectivity index (χ1v) is 6.42. The Hall–Kier alpha value is -1.99. The van der Waals surface area contributed by atoms with Gasteiger partial charge in [0.05, 0.1) is 21.5 Å². The zero-order valence-corrected chi connectivity index (χ0v) is 10.9. The molecular formula is C11H6ClN4O2S. The molecule has 0 amide bonds. The predicted octanol–water partition coefficient (Wildman–Crippen LogP) is 2.99. The molecule has 1 radical (unpaired) electrons. The summed E-state index contributed by atoms with van der Waals surface area (Å²) >= 11 is 7.10. The van der Waals surface area contributed by atoms with Crippen molar-refractivity contribution in [3.8, 4) is 0 Å². The first-order chi connectivity index (χ1) is 9.15. The molecule has 1 aliphatic heterocycles. The van der Waals surface area contributed by atoms with Gasteiger partial charge in [0.15, 0.2) is 11.7 Å². The molecule has 8 heteroatoms. The molecule has 0 fully saturated rings. The van der Waals surface area contributed by atoms with Gasteiger partial charge in [0.2, 0.25) is 5.16 Å². The van der Waals surface area contributed by atoms with Gasteiger partial charge in [0.1, 0.15) is 0 Å². The topological polar surface area (TPSA) is 71.6 Å². The van der Waals surface area contributed by atoms with E-state index in [2.05, 4.69) is 9.98 Å². The number of aromatic nitrogens is 1. The number of nitro groups is 1. The molecule has 6 nitrogen and oxygen atoms in total. The number of aliphatic imine (C=N–C) groups is 1. The van der Waals surface area contributed by atoms with Crippen LogP contribution in [0.4, 0.5) is 5.13 Å². The van der Waals surface area contributed by atoms with Crippen molar-refractivity contribution in [2.24, 2.45) is 4.99 Å². The van der Waals surface area contributed by atoms with Gasteiger partial charge in [-0.05, 0) is 12.1 Å². The molecule has 0 spiro atoms. The van der Waals surface area contributed by atoms with E-state index in [9.17, 15) is 10.1 Å². The van der Waals surface area contributed by atoms with Gasteiger partial charge in [0, 0.05) is 0 Å². The minimum atomic E-state index is -0.570. The average molecular weight is 294 g/mol. The number of rotatable bonds is 2. The molecular weight excluding hydrogens is 288 g/mol. The maximum absolute atomic E-state index is 10.8. The Morgan fingerprint density at radius 3 is 2.89 bits per heavy atom. The Balaban J connectivity index is 1.96. The SMILES string of the molecule is O=[N+]([O-])C1=C(Cl)N=CN(c2nc3ccccc3s2)[CH]1. The van der Waals surface area contributed by atoms with E-state index in [4.69, 9.17) is 11.6 Å². The van der Waals surface area contributed by atoms with Crippen molar-refractivity contribution >= 4 is 44.6 Å². The van der Waals surface area contributed by atoms with E-state index in [-0.39, 0.29) is 10.9 Å². The number of benzene rings is 1. The first kappa shape index (κ1) is 12.1. The van der Waals surface area contributed by atoms with Crippen molar-refractivity contribution in [1.29, 1.82) is 0 Å². The Morgan fingerprint density at radius 1 is 1.37 bits per heavy atom. The van der Waals surface area contributed by atoms with Crippen molar-refractivity contribution in [3.63, 3.8) is 0 Å². The van der Waals surface area contributed by atoms with Crippen LogP contribution in [0, 0.1) is 16.7 Å². The molecule has 1 aromatic heterocycles. The number of para-hydroxylation sites is 1. The molecule has 0 atom stereocenters. The summed E-state index contributed by atoms with van der Waals surface area (Å²) < 4.78 is 1.00. The molecule has 3 rings (SSSR count). The molecule has 0 bridgehead atoms. The van der Waals surface area contributed by atoms with E-state index in [1.165, 1.54) is 29.1 Å². The Kier molecular flexibility index (Phi) is 2.92. The Bertz CT molecular complexity index is 691. The molecule has 0 N–H and O–H groups in total. The lowest BCUT2D eigenvalue weighted by Gasteiger charge is -2.16. The molecule has 95 valence electrons. The Labute approximate surface area is 116 Å². The molecule has 2 aromatic rings. The summed E-state index contributed by atoms with van der Waals surface area (Å²) in [5.74, 6) is 0. The zero-order valence-electron chi connectivity index (χ0n) is 9.36. The third-order valence-electron chi connectivity index (χ3n) is 2.47. The summed E-state index contributed by atoms with van der Waals surface area (Å²) in [6, 6.07) is 7.62. The largest absolute Gasteiger partial charge is 0.308 e. The van der Waals surface area contributed by atoms with Gasteiger partial charge in [-0.2, -0.15) is 0 Å². The summed E-state index contributed by atoms with van der Waals surface area (Å²) in [7, 11) is 0. The number of nitrogens with zero attached hydrogens (tertiary/aromatic N) is 4. The van der Waals surface area contributed by atoms with Crippen molar-refractivity contribution in [2.45, 2.75) is 0 Å². The second kappa shape index (κ2) is 4.60. The summed E-state index contributed by atoms with van der Waals surface area (Å²) in [6.07, 6.45) is 1.41. The van der Waals surface area contributed by atoms with Crippen LogP contribution < -0.4 is 4.90 Å². The average Bonchev–Trinajstić information content (AvgIpc) is 2.82. The van der Waals surface area contributed by atoms with Gasteiger partial charge in [-0.25, -0.2) is 9.98 Å². The number of fused-ring (bicyclic) bond motifs is 1. The van der Waals surface area contributed by atoms with E-state index >= 15 is 0 Å². The standard InChI is InChI=1S/C11H6ClN4O2S/c12-10-8(16(17)18)5-15(6-13-10)11-14-7-3-1-2-4-9(7)19-11/h1-6H. The summed E-state index contributed by atoms with van der Waals surface area (Å²) in [4.78, 5) is 19.9. The van der Waals surface area contributed by atoms with Crippen molar-refractivity contribution in [1.82, 2.24) is 4.98 Å². The van der Waals surface area contributed by atoms with Crippen LogP contribution in [-0.4, -0.2) is 16.2 Å². The lowest BCUT2D eigenvalue weighted by Crippen LogP contribution is -2.24. The smallest absolute Gasteiger partial charge is 0.291 e. The van der Waals surface area contributed by atoms with Crippen LogP contribution in [0.3, 0.4) is 0 Å². The highest BCUT2D eigenvalue weighted by Gasteiger charge is 2.26. The molecule has 2 heterocycles. The van der Waals surface area contributed by atoms with Gasteiger partial charge in [-0.15, -0.1) is 0 Å². The molecule has 19 heavy (non-hydrogen) atoms. The second-order valence-electron chi connectivity index (χ2n) is 3.68. The van der Waals surface area contributed by atoms with Crippen LogP contribution >= 0.6 is 22.9 Å². The maximum atomic E-state index is 10.8. The monoisotopic (exact) mass is 293 g/mol. The normalized spacial score (nSPS) is 15.3. The summed E-state index contributed by atoms with van der Waals surface area (Å²) in [5, 5.41) is 11.3. The third kappa shape index (κ3) is 2.18. The number of thiazole rings is 1. The van der Waals surface area contributed by atoms with E-state index in [0.29, 0.717) is 5.13 Å². The van der Waals surface area contributed by atoms with Gasteiger partial charge < -0.3 is 0 Å². The number of hydrogen-bond donors (Lipinski definition) is 0. The number of hydrogen-bond acceptors (Lipinski definition) is 6. The van der Waals surface area contributed by atoms with Gasteiger partial charge in [-0.3, -0.25) is 15.0 Å². The van der Waals surface area contributed by atoms with Gasteiger partial charge in [0.25, 0.3) is 0 Å². The highest BCUT2D eigenvalue weighted by molar-refractivity contribution is 7.22. The van der Waals surface area contributed by atoms with Crippen LogP contribution in [0.25, 0.3) is 10.2 Å². The van der Waals surface area contributed by atoms with Crippen molar-refractivity contribution in [3.05, 3.63) is 51.8 Å². The predicted molar refractivity (Wildman–Crippen MR) is 74.8 cm³/mol. The molecule has 0 aliphatic carbocycles. The van der Waals surface area contributed by atoms with E-state index in [1.54, 1.807) is 0 Å². The molecule has 0 unspecified atom stereocenters. The molecule has 1 aromatic carbocycles. The molecule has 0 saturated carbocycles. The van der Waals surface area contributed by atoms with Crippen LogP contribution in [-0.2, 0) is 0 Å². The van der Waals surface area contributed by atoms with Gasteiger partial charge in [-0.1, -0.05) is 35.1 Å². The van der Waals surface area contributed by atoms with E-state index in [1.807, 2.05) is 24.3 Å². The summed E-state index contributed by atoms with van der Waals surface area (Å²) in [6.45, 7) is 1.31. The van der Waals surface area contributed by atoms with Crippen molar-refractivity contribution < 1.29 is 4.92 Å². The minimum Gasteiger partial charge on any atom is -0.291 e. The maximum Gasteiger partial charge on any atom is 0.308 e. The van der Waals surface area contributed by atoms with Crippen LogP contribution in [0.2, 0.25) is 0 Å². The molecule has 1 aliphatic rings.